The molecule has 1 N–H and O–H groups in total. The standard InChI is InChI=1S/C18H21BrN4O/c1-11-7-15(19)8-12(2)18(11)23(9-16-5-6-20-21-16)10-17-13(3)22-24-14(17)4/h5-8H,9-10H2,1-4H3,(H,20,21). The minimum absolute atomic E-state index is 0.740. The van der Waals surface area contributed by atoms with Crippen LogP contribution in [-0.2, 0) is 13.1 Å². The van der Waals surface area contributed by atoms with Crippen LogP contribution in [0.1, 0.15) is 33.8 Å². The highest BCUT2D eigenvalue weighted by Gasteiger charge is 2.19. The molecule has 0 radical (unpaired) electrons. The molecule has 0 aliphatic carbocycles. The zero-order chi connectivity index (χ0) is 17.3. The van der Waals surface area contributed by atoms with Crippen LogP contribution in [0.5, 0.6) is 0 Å². The lowest BCUT2D eigenvalue weighted by molar-refractivity contribution is 0.392. The Morgan fingerprint density at radius 3 is 2.38 bits per heavy atom. The maximum atomic E-state index is 5.34. The van der Waals surface area contributed by atoms with Crippen molar-refractivity contribution in [3.8, 4) is 0 Å². The van der Waals surface area contributed by atoms with Crippen LogP contribution >= 0.6 is 15.9 Å². The monoisotopic (exact) mass is 388 g/mol. The molecule has 0 aliphatic heterocycles. The maximum absolute atomic E-state index is 5.34. The summed E-state index contributed by atoms with van der Waals surface area (Å²) >= 11 is 3.58. The number of aromatic amines is 1. The minimum atomic E-state index is 0.740. The van der Waals surface area contributed by atoms with E-state index in [4.69, 9.17) is 4.52 Å². The Bertz CT molecular complexity index is 796. The number of anilines is 1. The number of hydrogen-bond acceptors (Lipinski definition) is 4. The van der Waals surface area contributed by atoms with E-state index in [9.17, 15) is 0 Å². The lowest BCUT2D eigenvalue weighted by atomic mass is 10.1. The van der Waals surface area contributed by atoms with Crippen LogP contribution in [0.2, 0.25) is 0 Å². The van der Waals surface area contributed by atoms with Crippen LogP contribution in [0.3, 0.4) is 0 Å². The van der Waals surface area contributed by atoms with Gasteiger partial charge in [0.15, 0.2) is 0 Å². The molecule has 2 heterocycles. The second-order valence-corrected chi connectivity index (χ2v) is 7.04. The van der Waals surface area contributed by atoms with Crippen molar-refractivity contribution in [1.82, 2.24) is 15.4 Å². The molecule has 6 heteroatoms. The van der Waals surface area contributed by atoms with Gasteiger partial charge in [0, 0.05) is 28.5 Å². The van der Waals surface area contributed by atoms with Gasteiger partial charge in [-0.1, -0.05) is 21.1 Å². The molecular weight excluding hydrogens is 368 g/mol. The summed E-state index contributed by atoms with van der Waals surface area (Å²) < 4.78 is 6.44. The van der Waals surface area contributed by atoms with Crippen LogP contribution in [0.15, 0.2) is 33.4 Å². The van der Waals surface area contributed by atoms with Gasteiger partial charge in [-0.2, -0.15) is 5.10 Å². The Hall–Kier alpha value is -2.08. The van der Waals surface area contributed by atoms with Gasteiger partial charge in [0.25, 0.3) is 0 Å². The molecule has 24 heavy (non-hydrogen) atoms. The first kappa shape index (κ1) is 16.8. The molecule has 2 aromatic heterocycles. The van der Waals surface area contributed by atoms with Crippen molar-refractivity contribution in [3.05, 3.63) is 62.7 Å². The third-order valence-electron chi connectivity index (χ3n) is 4.22. The fraction of sp³-hybridized carbons (Fsp3) is 0.333. The Balaban J connectivity index is 2.02. The molecule has 5 nitrogen and oxygen atoms in total. The van der Waals surface area contributed by atoms with Crippen molar-refractivity contribution >= 4 is 21.6 Å². The minimum Gasteiger partial charge on any atom is -0.361 e. The van der Waals surface area contributed by atoms with Crippen molar-refractivity contribution in [2.24, 2.45) is 0 Å². The molecular formula is C18H21BrN4O. The fourth-order valence-electron chi connectivity index (χ4n) is 3.11. The Labute approximate surface area is 150 Å². The van der Waals surface area contributed by atoms with Gasteiger partial charge in [-0.15, -0.1) is 0 Å². The van der Waals surface area contributed by atoms with E-state index in [2.05, 4.69) is 62.2 Å². The maximum Gasteiger partial charge on any atom is 0.138 e. The van der Waals surface area contributed by atoms with Crippen molar-refractivity contribution < 1.29 is 4.52 Å². The number of aryl methyl sites for hydroxylation is 4. The first-order valence-corrected chi connectivity index (χ1v) is 8.66. The predicted molar refractivity (Wildman–Crippen MR) is 98.1 cm³/mol. The van der Waals surface area contributed by atoms with E-state index in [1.165, 1.54) is 16.8 Å². The van der Waals surface area contributed by atoms with Crippen LogP contribution in [-0.4, -0.2) is 15.4 Å². The second-order valence-electron chi connectivity index (χ2n) is 6.13. The molecule has 3 rings (SSSR count). The quantitative estimate of drug-likeness (QED) is 0.693. The summed E-state index contributed by atoms with van der Waals surface area (Å²) in [6.07, 6.45) is 1.78. The largest absolute Gasteiger partial charge is 0.361 e. The second kappa shape index (κ2) is 6.81. The number of hydrogen-bond donors (Lipinski definition) is 1. The highest BCUT2D eigenvalue weighted by Crippen LogP contribution is 2.31. The molecule has 0 spiro atoms. The van der Waals surface area contributed by atoms with Gasteiger partial charge in [-0.05, 0) is 57.0 Å². The molecule has 0 bridgehead atoms. The third kappa shape index (κ3) is 3.38. The number of nitrogens with one attached hydrogen (secondary N) is 1. The van der Waals surface area contributed by atoms with E-state index in [0.29, 0.717) is 0 Å². The van der Waals surface area contributed by atoms with Crippen LogP contribution in [0, 0.1) is 27.7 Å². The summed E-state index contributed by atoms with van der Waals surface area (Å²) in [5, 5.41) is 11.2. The van der Waals surface area contributed by atoms with Crippen molar-refractivity contribution in [1.29, 1.82) is 0 Å². The van der Waals surface area contributed by atoms with E-state index in [-0.39, 0.29) is 0 Å². The van der Waals surface area contributed by atoms with Crippen molar-refractivity contribution in [2.45, 2.75) is 40.8 Å². The Morgan fingerprint density at radius 2 is 1.83 bits per heavy atom. The van der Waals surface area contributed by atoms with E-state index >= 15 is 0 Å². The number of halogens is 1. The normalized spacial score (nSPS) is 11.0. The molecule has 0 amide bonds. The zero-order valence-electron chi connectivity index (χ0n) is 14.4. The highest BCUT2D eigenvalue weighted by atomic mass is 79.9. The lowest BCUT2D eigenvalue weighted by Gasteiger charge is -2.28. The molecule has 0 saturated carbocycles. The topological polar surface area (TPSA) is 58.0 Å². The number of rotatable bonds is 5. The van der Waals surface area contributed by atoms with Crippen LogP contribution < -0.4 is 4.90 Å². The fourth-order valence-corrected chi connectivity index (χ4v) is 3.80. The zero-order valence-corrected chi connectivity index (χ0v) is 15.9. The molecule has 0 fully saturated rings. The van der Waals surface area contributed by atoms with E-state index in [1.54, 1.807) is 6.20 Å². The Morgan fingerprint density at radius 1 is 1.12 bits per heavy atom. The van der Waals surface area contributed by atoms with Gasteiger partial charge in [0.2, 0.25) is 0 Å². The average molecular weight is 389 g/mol. The van der Waals surface area contributed by atoms with Gasteiger partial charge in [0.05, 0.1) is 17.9 Å². The highest BCUT2D eigenvalue weighted by molar-refractivity contribution is 9.10. The molecule has 126 valence electrons. The number of H-pyrrole nitrogens is 1. The number of benzene rings is 1. The van der Waals surface area contributed by atoms with E-state index in [0.717, 1.165) is 40.3 Å². The van der Waals surface area contributed by atoms with E-state index < -0.39 is 0 Å². The summed E-state index contributed by atoms with van der Waals surface area (Å²) in [6, 6.07) is 6.30. The van der Waals surface area contributed by atoms with Crippen molar-refractivity contribution in [3.63, 3.8) is 0 Å². The number of nitrogens with zero attached hydrogens (tertiary/aromatic N) is 3. The summed E-state index contributed by atoms with van der Waals surface area (Å²) in [6.45, 7) is 9.71. The van der Waals surface area contributed by atoms with E-state index in [1.807, 2.05) is 19.9 Å². The predicted octanol–water partition coefficient (Wildman–Crippen LogP) is 4.60. The molecule has 0 saturated heterocycles. The first-order chi connectivity index (χ1) is 11.5. The number of aromatic nitrogens is 3. The van der Waals surface area contributed by atoms with Gasteiger partial charge in [0.1, 0.15) is 5.76 Å². The summed E-state index contributed by atoms with van der Waals surface area (Å²) in [5.74, 6) is 0.870. The molecule has 0 unspecified atom stereocenters. The Kier molecular flexibility index (Phi) is 4.76. The van der Waals surface area contributed by atoms with Crippen LogP contribution in [0.25, 0.3) is 0 Å². The van der Waals surface area contributed by atoms with Crippen LogP contribution in [0.4, 0.5) is 5.69 Å². The van der Waals surface area contributed by atoms with Crippen molar-refractivity contribution in [2.75, 3.05) is 4.90 Å². The SMILES string of the molecule is Cc1cc(Br)cc(C)c1N(Cc1ccn[nH]1)Cc1c(C)noc1C. The molecule has 0 atom stereocenters. The summed E-state index contributed by atoms with van der Waals surface area (Å²) in [5.41, 5.74) is 6.84. The lowest BCUT2D eigenvalue weighted by Crippen LogP contribution is -2.24. The molecule has 0 aliphatic rings. The smallest absolute Gasteiger partial charge is 0.138 e. The average Bonchev–Trinajstić information content (AvgIpc) is 3.11. The van der Waals surface area contributed by atoms with Gasteiger partial charge >= 0.3 is 0 Å². The van der Waals surface area contributed by atoms with Gasteiger partial charge in [-0.3, -0.25) is 5.10 Å². The van der Waals surface area contributed by atoms with Gasteiger partial charge < -0.3 is 9.42 Å². The third-order valence-corrected chi connectivity index (χ3v) is 4.68. The molecule has 1 aromatic carbocycles. The summed E-state index contributed by atoms with van der Waals surface area (Å²) in [7, 11) is 0. The summed E-state index contributed by atoms with van der Waals surface area (Å²) in [4.78, 5) is 2.34. The molecule has 3 aromatic rings. The van der Waals surface area contributed by atoms with Gasteiger partial charge in [-0.25, -0.2) is 0 Å². The first-order valence-electron chi connectivity index (χ1n) is 7.87.